The fourth-order valence-corrected chi connectivity index (χ4v) is 1.46. The molecule has 0 spiro atoms. The van der Waals surface area contributed by atoms with Crippen LogP contribution in [0.2, 0.25) is 0 Å². The number of aromatic amines is 2. The summed E-state index contributed by atoms with van der Waals surface area (Å²) in [5.41, 5.74) is 7.05. The summed E-state index contributed by atoms with van der Waals surface area (Å²) in [5, 5.41) is 8.96. The fraction of sp³-hybridized carbons (Fsp3) is 0.182. The highest BCUT2D eigenvalue weighted by Gasteiger charge is 2.14. The molecule has 2 rings (SSSR count). The first-order chi connectivity index (χ1) is 8.49. The van der Waals surface area contributed by atoms with Crippen LogP contribution in [0.5, 0.6) is 0 Å². The van der Waals surface area contributed by atoms with Crippen LogP contribution in [0.4, 0.5) is 11.5 Å². The standard InChI is InChI=1S/C11H13N5O2/c1-5-3-8(17)7(4-13-5)11(18)14-10-9(12)6(2)15-16-10/h3-4H,12H2,1-2H3,(H,13,17)(H2,14,15,16,18). The number of carbonyl (C=O) groups is 1. The third-order valence-corrected chi connectivity index (χ3v) is 2.53. The van der Waals surface area contributed by atoms with Crippen molar-refractivity contribution in [1.29, 1.82) is 0 Å². The van der Waals surface area contributed by atoms with Gasteiger partial charge in [-0.1, -0.05) is 0 Å². The highest BCUT2D eigenvalue weighted by Crippen LogP contribution is 2.18. The topological polar surface area (TPSA) is 117 Å². The van der Waals surface area contributed by atoms with Gasteiger partial charge in [-0.15, -0.1) is 0 Å². The summed E-state index contributed by atoms with van der Waals surface area (Å²) in [7, 11) is 0. The number of rotatable bonds is 2. The Hall–Kier alpha value is -2.57. The number of aromatic nitrogens is 3. The molecule has 0 atom stereocenters. The van der Waals surface area contributed by atoms with Gasteiger partial charge < -0.3 is 16.0 Å². The summed E-state index contributed by atoms with van der Waals surface area (Å²) >= 11 is 0. The number of nitrogen functional groups attached to an aromatic ring is 1. The Bertz CT molecular complexity index is 656. The third kappa shape index (κ3) is 2.10. The zero-order chi connectivity index (χ0) is 13.3. The summed E-state index contributed by atoms with van der Waals surface area (Å²) in [6.07, 6.45) is 1.36. The quantitative estimate of drug-likeness (QED) is 0.619. The molecule has 0 aromatic carbocycles. The number of nitrogens with two attached hydrogens (primary N) is 1. The number of hydrogen-bond donors (Lipinski definition) is 4. The second kappa shape index (κ2) is 4.36. The molecule has 94 valence electrons. The molecule has 1 amide bonds. The predicted molar refractivity (Wildman–Crippen MR) is 67.5 cm³/mol. The van der Waals surface area contributed by atoms with E-state index in [0.29, 0.717) is 17.1 Å². The van der Waals surface area contributed by atoms with Crippen LogP contribution in [-0.4, -0.2) is 21.1 Å². The summed E-state index contributed by atoms with van der Waals surface area (Å²) in [4.78, 5) is 26.3. The molecule has 2 aromatic rings. The lowest BCUT2D eigenvalue weighted by Gasteiger charge is -2.02. The van der Waals surface area contributed by atoms with Crippen LogP contribution < -0.4 is 16.5 Å². The average molecular weight is 247 g/mol. The van der Waals surface area contributed by atoms with Crippen LogP contribution in [0.1, 0.15) is 21.7 Å². The Morgan fingerprint density at radius 3 is 2.72 bits per heavy atom. The molecule has 0 saturated heterocycles. The van der Waals surface area contributed by atoms with Gasteiger partial charge in [-0.2, -0.15) is 5.10 Å². The summed E-state index contributed by atoms with van der Waals surface area (Å²) < 4.78 is 0. The van der Waals surface area contributed by atoms with Crippen molar-refractivity contribution >= 4 is 17.4 Å². The van der Waals surface area contributed by atoms with E-state index in [9.17, 15) is 9.59 Å². The number of nitrogens with one attached hydrogen (secondary N) is 3. The maximum Gasteiger partial charge on any atom is 0.262 e. The van der Waals surface area contributed by atoms with Crippen LogP contribution >= 0.6 is 0 Å². The van der Waals surface area contributed by atoms with Crippen molar-refractivity contribution in [1.82, 2.24) is 15.2 Å². The lowest BCUT2D eigenvalue weighted by Crippen LogP contribution is -2.22. The molecule has 0 saturated carbocycles. The Morgan fingerprint density at radius 1 is 1.44 bits per heavy atom. The van der Waals surface area contributed by atoms with Crippen molar-refractivity contribution in [2.45, 2.75) is 13.8 Å². The predicted octanol–water partition coefficient (Wildman–Crippen LogP) is 0.549. The number of aryl methyl sites for hydroxylation is 2. The molecule has 0 aliphatic rings. The van der Waals surface area contributed by atoms with E-state index < -0.39 is 5.91 Å². The van der Waals surface area contributed by atoms with Crippen LogP contribution in [0.3, 0.4) is 0 Å². The molecule has 0 aliphatic carbocycles. The van der Waals surface area contributed by atoms with Crippen molar-refractivity contribution in [3.8, 4) is 0 Å². The number of nitrogens with zero attached hydrogens (tertiary/aromatic N) is 1. The zero-order valence-electron chi connectivity index (χ0n) is 10.00. The normalized spacial score (nSPS) is 10.3. The molecular formula is C11H13N5O2. The van der Waals surface area contributed by atoms with Gasteiger partial charge >= 0.3 is 0 Å². The van der Waals surface area contributed by atoms with E-state index in [-0.39, 0.29) is 16.8 Å². The molecule has 0 fully saturated rings. The van der Waals surface area contributed by atoms with Gasteiger partial charge in [0.1, 0.15) is 5.56 Å². The number of amides is 1. The molecule has 5 N–H and O–H groups in total. The summed E-state index contributed by atoms with van der Waals surface area (Å²) in [6, 6.07) is 1.36. The number of carbonyl (C=O) groups excluding carboxylic acids is 1. The van der Waals surface area contributed by atoms with Crippen LogP contribution in [-0.2, 0) is 0 Å². The van der Waals surface area contributed by atoms with Crippen molar-refractivity contribution in [3.05, 3.63) is 39.4 Å². The Labute approximate surface area is 102 Å². The molecule has 0 unspecified atom stereocenters. The Balaban J connectivity index is 2.28. The molecule has 2 aromatic heterocycles. The maximum atomic E-state index is 11.9. The largest absolute Gasteiger partial charge is 0.394 e. The Kier molecular flexibility index (Phi) is 2.88. The highest BCUT2D eigenvalue weighted by atomic mass is 16.2. The fourth-order valence-electron chi connectivity index (χ4n) is 1.46. The first kappa shape index (κ1) is 11.9. The molecule has 18 heavy (non-hydrogen) atoms. The molecule has 7 nitrogen and oxygen atoms in total. The van der Waals surface area contributed by atoms with Crippen molar-refractivity contribution in [2.24, 2.45) is 0 Å². The SMILES string of the molecule is Cc1cc(=O)c(C(=O)Nc2n[nH]c(C)c2N)c[nH]1. The van der Waals surface area contributed by atoms with E-state index in [0.717, 1.165) is 0 Å². The number of H-pyrrole nitrogens is 2. The molecule has 0 radical (unpaired) electrons. The molecule has 0 aliphatic heterocycles. The highest BCUT2D eigenvalue weighted by molar-refractivity contribution is 6.04. The van der Waals surface area contributed by atoms with Crippen LogP contribution in [0, 0.1) is 13.8 Å². The van der Waals surface area contributed by atoms with Crippen molar-refractivity contribution in [3.63, 3.8) is 0 Å². The lowest BCUT2D eigenvalue weighted by atomic mass is 10.2. The van der Waals surface area contributed by atoms with E-state index in [4.69, 9.17) is 5.73 Å². The number of pyridine rings is 1. The monoisotopic (exact) mass is 247 g/mol. The van der Waals surface area contributed by atoms with Gasteiger partial charge in [0.25, 0.3) is 5.91 Å². The molecule has 0 bridgehead atoms. The van der Waals surface area contributed by atoms with E-state index in [1.54, 1.807) is 13.8 Å². The van der Waals surface area contributed by atoms with Gasteiger partial charge in [0.2, 0.25) is 0 Å². The van der Waals surface area contributed by atoms with Gasteiger partial charge in [0.15, 0.2) is 11.2 Å². The molecule has 2 heterocycles. The minimum absolute atomic E-state index is 0.0145. The lowest BCUT2D eigenvalue weighted by molar-refractivity contribution is 0.102. The van der Waals surface area contributed by atoms with Crippen LogP contribution in [0.15, 0.2) is 17.1 Å². The average Bonchev–Trinajstić information content (AvgIpc) is 2.61. The molecule has 7 heteroatoms. The summed E-state index contributed by atoms with van der Waals surface area (Å²) in [5.74, 6) is -0.327. The minimum atomic E-state index is -0.547. The van der Waals surface area contributed by atoms with E-state index in [1.807, 2.05) is 0 Å². The van der Waals surface area contributed by atoms with Gasteiger partial charge in [-0.05, 0) is 13.8 Å². The van der Waals surface area contributed by atoms with Gasteiger partial charge in [-0.25, -0.2) is 0 Å². The Morgan fingerprint density at radius 2 is 2.17 bits per heavy atom. The van der Waals surface area contributed by atoms with E-state index in [1.165, 1.54) is 12.3 Å². The minimum Gasteiger partial charge on any atom is -0.394 e. The van der Waals surface area contributed by atoms with Crippen LogP contribution in [0.25, 0.3) is 0 Å². The maximum absolute atomic E-state index is 11.9. The number of hydrogen-bond acceptors (Lipinski definition) is 4. The zero-order valence-corrected chi connectivity index (χ0v) is 10.00. The second-order valence-electron chi connectivity index (χ2n) is 3.96. The summed E-state index contributed by atoms with van der Waals surface area (Å²) in [6.45, 7) is 3.47. The van der Waals surface area contributed by atoms with E-state index in [2.05, 4.69) is 20.5 Å². The van der Waals surface area contributed by atoms with Crippen molar-refractivity contribution in [2.75, 3.05) is 11.1 Å². The van der Waals surface area contributed by atoms with E-state index >= 15 is 0 Å². The molecular weight excluding hydrogens is 234 g/mol. The van der Waals surface area contributed by atoms with Gasteiger partial charge in [0.05, 0.1) is 11.4 Å². The first-order valence-electron chi connectivity index (χ1n) is 5.30. The van der Waals surface area contributed by atoms with Gasteiger partial charge in [0, 0.05) is 18.0 Å². The number of anilines is 2. The van der Waals surface area contributed by atoms with Crippen molar-refractivity contribution < 1.29 is 4.79 Å². The first-order valence-corrected chi connectivity index (χ1v) is 5.30. The van der Waals surface area contributed by atoms with Gasteiger partial charge in [-0.3, -0.25) is 14.7 Å². The smallest absolute Gasteiger partial charge is 0.262 e. The second-order valence-corrected chi connectivity index (χ2v) is 3.96. The third-order valence-electron chi connectivity index (χ3n) is 2.53.